The fourth-order valence-corrected chi connectivity index (χ4v) is 4.11. The third kappa shape index (κ3) is 3.85. The van der Waals surface area contributed by atoms with Gasteiger partial charge in [0.25, 0.3) is 0 Å². The van der Waals surface area contributed by atoms with Crippen LogP contribution < -0.4 is 5.32 Å². The number of nitrogens with zero attached hydrogens (tertiary/aromatic N) is 1. The second kappa shape index (κ2) is 6.76. The van der Waals surface area contributed by atoms with Gasteiger partial charge in [0.2, 0.25) is 0 Å². The zero-order valence-corrected chi connectivity index (χ0v) is 15.0. The van der Waals surface area contributed by atoms with Crippen molar-refractivity contribution >= 4 is 11.3 Å². The maximum Gasteiger partial charge on any atom is 0.113 e. The lowest BCUT2D eigenvalue weighted by molar-refractivity contribution is -0.0323. The minimum absolute atomic E-state index is 0.0170. The molecule has 0 aromatic carbocycles. The first-order chi connectivity index (χ1) is 9.91. The van der Waals surface area contributed by atoms with Gasteiger partial charge in [-0.3, -0.25) is 0 Å². The van der Waals surface area contributed by atoms with Crippen LogP contribution in [0.1, 0.15) is 71.0 Å². The maximum atomic E-state index is 5.89. The van der Waals surface area contributed by atoms with Crippen LogP contribution >= 0.6 is 11.3 Å². The molecule has 21 heavy (non-hydrogen) atoms. The van der Waals surface area contributed by atoms with E-state index in [0.29, 0.717) is 6.10 Å². The number of aromatic nitrogens is 1. The maximum absolute atomic E-state index is 5.89. The summed E-state index contributed by atoms with van der Waals surface area (Å²) in [5, 5.41) is 7.29. The average Bonchev–Trinajstić information content (AvgIpc) is 2.96. The standard InChI is InChI=1S/C17H30N2OS/c1-6-9-18-17(8-10-20-13(7-2)11-17)15-19-14(12-21-15)16(3,4)5/h12-13,18H,6-11H2,1-5H3. The van der Waals surface area contributed by atoms with E-state index in [1.807, 2.05) is 11.3 Å². The highest BCUT2D eigenvalue weighted by Gasteiger charge is 2.40. The summed E-state index contributed by atoms with van der Waals surface area (Å²) < 4.78 is 5.89. The van der Waals surface area contributed by atoms with Gasteiger partial charge < -0.3 is 10.1 Å². The van der Waals surface area contributed by atoms with Crippen molar-refractivity contribution in [2.75, 3.05) is 13.2 Å². The van der Waals surface area contributed by atoms with Gasteiger partial charge >= 0.3 is 0 Å². The predicted molar refractivity (Wildman–Crippen MR) is 90.1 cm³/mol. The molecular weight excluding hydrogens is 280 g/mol. The molecule has 2 atom stereocenters. The lowest BCUT2D eigenvalue weighted by Crippen LogP contribution is -2.49. The first-order valence-corrected chi connectivity index (χ1v) is 9.12. The van der Waals surface area contributed by atoms with E-state index < -0.39 is 0 Å². The molecule has 0 bridgehead atoms. The largest absolute Gasteiger partial charge is 0.378 e. The zero-order chi connectivity index (χ0) is 15.5. The van der Waals surface area contributed by atoms with Gasteiger partial charge in [-0.2, -0.15) is 0 Å². The Morgan fingerprint density at radius 2 is 2.19 bits per heavy atom. The molecule has 1 aromatic rings. The second-order valence-corrected chi connectivity index (χ2v) is 8.01. The molecule has 2 heterocycles. The quantitative estimate of drug-likeness (QED) is 0.884. The molecular formula is C17H30N2OS. The Morgan fingerprint density at radius 3 is 2.76 bits per heavy atom. The van der Waals surface area contributed by atoms with Gasteiger partial charge in [0.15, 0.2) is 0 Å². The molecule has 1 saturated heterocycles. The van der Waals surface area contributed by atoms with Gasteiger partial charge in [-0.05, 0) is 32.2 Å². The summed E-state index contributed by atoms with van der Waals surface area (Å²) in [5.41, 5.74) is 1.35. The minimum Gasteiger partial charge on any atom is -0.378 e. The van der Waals surface area contributed by atoms with Gasteiger partial charge in [0.05, 0.1) is 17.3 Å². The predicted octanol–water partition coefficient (Wildman–Crippen LogP) is 4.22. The van der Waals surface area contributed by atoms with E-state index in [4.69, 9.17) is 9.72 Å². The molecule has 120 valence electrons. The molecule has 0 amide bonds. The van der Waals surface area contributed by atoms with Gasteiger partial charge in [-0.15, -0.1) is 11.3 Å². The summed E-state index contributed by atoms with van der Waals surface area (Å²) in [6.07, 6.45) is 4.65. The fourth-order valence-electron chi connectivity index (χ4n) is 2.84. The van der Waals surface area contributed by atoms with Crippen LogP contribution in [-0.2, 0) is 15.7 Å². The first kappa shape index (κ1) is 16.9. The first-order valence-electron chi connectivity index (χ1n) is 8.24. The number of ether oxygens (including phenoxy) is 1. The molecule has 0 aliphatic carbocycles. The van der Waals surface area contributed by atoms with Gasteiger partial charge in [-0.1, -0.05) is 34.6 Å². The lowest BCUT2D eigenvalue weighted by atomic mass is 9.85. The normalized spacial score (nSPS) is 27.0. The third-order valence-electron chi connectivity index (χ3n) is 4.31. The molecule has 1 aliphatic heterocycles. The van der Waals surface area contributed by atoms with E-state index in [9.17, 15) is 0 Å². The Kier molecular flexibility index (Phi) is 5.44. The summed E-state index contributed by atoms with van der Waals surface area (Å²) in [4.78, 5) is 5.00. The van der Waals surface area contributed by atoms with Crippen LogP contribution in [0.4, 0.5) is 0 Å². The van der Waals surface area contributed by atoms with Gasteiger partial charge in [-0.25, -0.2) is 4.98 Å². The van der Waals surface area contributed by atoms with E-state index >= 15 is 0 Å². The summed E-state index contributed by atoms with van der Waals surface area (Å²) in [5.74, 6) is 0. The minimum atomic E-state index is 0.0170. The average molecular weight is 311 g/mol. The topological polar surface area (TPSA) is 34.2 Å². The monoisotopic (exact) mass is 310 g/mol. The molecule has 0 spiro atoms. The highest BCUT2D eigenvalue weighted by atomic mass is 32.1. The van der Waals surface area contributed by atoms with Crippen LogP contribution in [-0.4, -0.2) is 24.2 Å². The van der Waals surface area contributed by atoms with Crippen LogP contribution in [0.3, 0.4) is 0 Å². The number of hydrogen-bond acceptors (Lipinski definition) is 4. The third-order valence-corrected chi connectivity index (χ3v) is 5.36. The van der Waals surface area contributed by atoms with Crippen LogP contribution in [0, 0.1) is 0 Å². The van der Waals surface area contributed by atoms with Crippen molar-refractivity contribution in [3.8, 4) is 0 Å². The zero-order valence-electron chi connectivity index (χ0n) is 14.2. The van der Waals surface area contributed by atoms with Crippen LogP contribution in [0.15, 0.2) is 5.38 Å². The van der Waals surface area contributed by atoms with Crippen molar-refractivity contribution < 1.29 is 4.74 Å². The molecule has 2 unspecified atom stereocenters. The number of thiazole rings is 1. The Balaban J connectivity index is 2.28. The van der Waals surface area contributed by atoms with Crippen molar-refractivity contribution in [1.29, 1.82) is 0 Å². The van der Waals surface area contributed by atoms with Gasteiger partial charge in [0.1, 0.15) is 5.01 Å². The van der Waals surface area contributed by atoms with E-state index in [0.717, 1.165) is 38.8 Å². The Labute approximate surface area is 133 Å². The fraction of sp³-hybridized carbons (Fsp3) is 0.824. The summed E-state index contributed by atoms with van der Waals surface area (Å²) in [6.45, 7) is 13.0. The molecule has 1 fully saturated rings. The Bertz CT molecular complexity index is 452. The van der Waals surface area contributed by atoms with Crippen LogP contribution in [0.5, 0.6) is 0 Å². The molecule has 4 heteroatoms. The SMILES string of the molecule is CCCNC1(c2nc(C(C)(C)C)cs2)CCOC(CC)C1. The summed E-state index contributed by atoms with van der Waals surface area (Å²) >= 11 is 1.82. The number of nitrogens with one attached hydrogen (secondary N) is 1. The summed E-state index contributed by atoms with van der Waals surface area (Å²) in [6, 6.07) is 0. The van der Waals surface area contributed by atoms with Crippen molar-refractivity contribution in [1.82, 2.24) is 10.3 Å². The van der Waals surface area contributed by atoms with Crippen molar-refractivity contribution in [2.45, 2.75) is 77.4 Å². The van der Waals surface area contributed by atoms with E-state index in [1.54, 1.807) is 0 Å². The van der Waals surface area contributed by atoms with Crippen molar-refractivity contribution in [3.63, 3.8) is 0 Å². The van der Waals surface area contributed by atoms with Crippen LogP contribution in [0.25, 0.3) is 0 Å². The molecule has 1 aromatic heterocycles. The smallest absolute Gasteiger partial charge is 0.113 e. The second-order valence-electron chi connectivity index (χ2n) is 7.15. The molecule has 0 saturated carbocycles. The molecule has 2 rings (SSSR count). The Morgan fingerprint density at radius 1 is 1.43 bits per heavy atom. The van der Waals surface area contributed by atoms with E-state index in [1.165, 1.54) is 10.7 Å². The molecule has 1 aliphatic rings. The van der Waals surface area contributed by atoms with Gasteiger partial charge in [0, 0.05) is 17.4 Å². The van der Waals surface area contributed by atoms with Crippen molar-refractivity contribution in [3.05, 3.63) is 16.1 Å². The highest BCUT2D eigenvalue weighted by molar-refractivity contribution is 7.09. The molecule has 1 N–H and O–H groups in total. The molecule has 3 nitrogen and oxygen atoms in total. The molecule has 0 radical (unpaired) electrons. The Hall–Kier alpha value is -0.450. The highest BCUT2D eigenvalue weighted by Crippen LogP contribution is 2.38. The summed E-state index contributed by atoms with van der Waals surface area (Å²) in [7, 11) is 0. The number of rotatable bonds is 5. The van der Waals surface area contributed by atoms with Crippen molar-refractivity contribution in [2.24, 2.45) is 0 Å². The number of hydrogen-bond donors (Lipinski definition) is 1. The lowest BCUT2D eigenvalue weighted by Gasteiger charge is -2.40. The van der Waals surface area contributed by atoms with Crippen LogP contribution in [0.2, 0.25) is 0 Å². The van der Waals surface area contributed by atoms with E-state index in [-0.39, 0.29) is 11.0 Å². The van der Waals surface area contributed by atoms with E-state index in [2.05, 4.69) is 45.3 Å².